The maximum absolute atomic E-state index is 14.6. The number of halogens is 2. The number of amides is 2. The number of aromatic nitrogens is 1. The van der Waals surface area contributed by atoms with Crippen LogP contribution in [0.25, 0.3) is 0 Å². The van der Waals surface area contributed by atoms with Crippen molar-refractivity contribution in [2.75, 3.05) is 24.5 Å². The van der Waals surface area contributed by atoms with Gasteiger partial charge >= 0.3 is 0 Å². The summed E-state index contributed by atoms with van der Waals surface area (Å²) in [5.41, 5.74) is 1.07. The number of pyridine rings is 1. The van der Waals surface area contributed by atoms with Crippen molar-refractivity contribution in [3.8, 4) is 0 Å². The molecule has 1 atom stereocenters. The topological polar surface area (TPSA) is 77.0 Å². The average Bonchev–Trinajstić information content (AvgIpc) is 2.70. The van der Waals surface area contributed by atoms with Gasteiger partial charge in [0.25, 0.3) is 0 Å². The highest BCUT2D eigenvalue weighted by molar-refractivity contribution is 6.30. The minimum atomic E-state index is -1.13. The third kappa shape index (κ3) is 3.24. The van der Waals surface area contributed by atoms with E-state index in [9.17, 15) is 19.1 Å². The number of likely N-dealkylation sites (tertiary alicyclic amines) is 1. The number of carbonyl (C=O) groups excluding carboxylic acids is 2. The summed E-state index contributed by atoms with van der Waals surface area (Å²) in [5, 5.41) is 11.6. The van der Waals surface area contributed by atoms with Gasteiger partial charge in [-0.25, -0.2) is 9.37 Å². The SMILES string of the molecule is Cc1ccc(CN2C(=O)CN(c3ncc(Cl)cc3F)C(O)C23CC2(CN(C=O)C2)C3)cc1. The first-order valence-corrected chi connectivity index (χ1v) is 10.9. The Morgan fingerprint density at radius 3 is 2.59 bits per heavy atom. The standard InChI is InChI=1S/C23H24ClFN4O3/c1-15-2-4-16(5-3-15)8-29-19(31)9-28(20-18(25)6-17(24)7-26-20)21(32)23(29)10-22(11-23)12-27(13-22)14-30/h2-7,14,21,32H,8-13H2,1H3. The second-order valence-corrected chi connectivity index (χ2v) is 9.83. The molecule has 9 heteroatoms. The van der Waals surface area contributed by atoms with E-state index < -0.39 is 17.6 Å². The van der Waals surface area contributed by atoms with Crippen LogP contribution in [-0.2, 0) is 16.1 Å². The maximum atomic E-state index is 14.6. The molecule has 3 heterocycles. The van der Waals surface area contributed by atoms with Gasteiger partial charge in [0.15, 0.2) is 17.9 Å². The summed E-state index contributed by atoms with van der Waals surface area (Å²) < 4.78 is 14.6. The molecular weight excluding hydrogens is 435 g/mol. The summed E-state index contributed by atoms with van der Waals surface area (Å²) in [7, 11) is 0. The molecule has 2 spiro atoms. The zero-order chi connectivity index (χ0) is 22.7. The predicted octanol–water partition coefficient (Wildman–Crippen LogP) is 2.34. The van der Waals surface area contributed by atoms with E-state index in [0.29, 0.717) is 32.5 Å². The lowest BCUT2D eigenvalue weighted by atomic mass is 9.51. The lowest BCUT2D eigenvalue weighted by Gasteiger charge is -2.69. The molecule has 3 fully saturated rings. The van der Waals surface area contributed by atoms with Crippen LogP contribution in [0.3, 0.4) is 0 Å². The van der Waals surface area contributed by atoms with Crippen molar-refractivity contribution in [1.29, 1.82) is 0 Å². The molecule has 3 aliphatic rings. The van der Waals surface area contributed by atoms with Crippen molar-refractivity contribution in [3.63, 3.8) is 0 Å². The van der Waals surface area contributed by atoms with Crippen molar-refractivity contribution in [2.45, 2.75) is 38.1 Å². The van der Waals surface area contributed by atoms with Gasteiger partial charge in [-0.3, -0.25) is 9.59 Å². The fourth-order valence-electron chi connectivity index (χ4n) is 5.66. The minimum Gasteiger partial charge on any atom is -0.371 e. The fraction of sp³-hybridized carbons (Fsp3) is 0.435. The van der Waals surface area contributed by atoms with Gasteiger partial charge in [0.2, 0.25) is 12.3 Å². The van der Waals surface area contributed by atoms with Gasteiger partial charge in [0.1, 0.15) is 6.54 Å². The van der Waals surface area contributed by atoms with Gasteiger partial charge < -0.3 is 19.8 Å². The number of anilines is 1. The van der Waals surface area contributed by atoms with Crippen LogP contribution in [-0.4, -0.2) is 63.6 Å². The van der Waals surface area contributed by atoms with Crippen molar-refractivity contribution < 1.29 is 19.1 Å². The van der Waals surface area contributed by atoms with Crippen molar-refractivity contribution in [1.82, 2.24) is 14.8 Å². The number of aliphatic hydroxyl groups is 1. The van der Waals surface area contributed by atoms with Crippen molar-refractivity contribution in [2.24, 2.45) is 5.41 Å². The molecule has 2 aliphatic heterocycles. The minimum absolute atomic E-state index is 0.0892. The molecule has 7 nitrogen and oxygen atoms in total. The number of carbonyl (C=O) groups is 2. The molecule has 168 valence electrons. The lowest BCUT2D eigenvalue weighted by molar-refractivity contribution is -0.210. The smallest absolute Gasteiger partial charge is 0.243 e. The number of hydrogen-bond acceptors (Lipinski definition) is 5. The van der Waals surface area contributed by atoms with Crippen LogP contribution in [0.15, 0.2) is 36.5 Å². The quantitative estimate of drug-likeness (QED) is 0.712. The summed E-state index contributed by atoms with van der Waals surface area (Å²) >= 11 is 5.84. The van der Waals surface area contributed by atoms with Gasteiger partial charge in [0, 0.05) is 31.2 Å². The van der Waals surface area contributed by atoms with E-state index in [1.165, 1.54) is 11.1 Å². The predicted molar refractivity (Wildman–Crippen MR) is 116 cm³/mol. The van der Waals surface area contributed by atoms with E-state index >= 15 is 0 Å². The Morgan fingerprint density at radius 2 is 1.97 bits per heavy atom. The number of hydrogen-bond donors (Lipinski definition) is 1. The van der Waals surface area contributed by atoms with E-state index in [1.807, 2.05) is 31.2 Å². The second kappa shape index (κ2) is 7.42. The highest BCUT2D eigenvalue weighted by atomic mass is 35.5. The van der Waals surface area contributed by atoms with Gasteiger partial charge in [0.05, 0.1) is 10.6 Å². The third-order valence-electron chi connectivity index (χ3n) is 7.03. The highest BCUT2D eigenvalue weighted by Gasteiger charge is 2.68. The van der Waals surface area contributed by atoms with Gasteiger partial charge in [-0.15, -0.1) is 0 Å². The Kier molecular flexibility index (Phi) is 4.90. The molecule has 2 amide bonds. The largest absolute Gasteiger partial charge is 0.371 e. The summed E-state index contributed by atoms with van der Waals surface area (Å²) in [6, 6.07) is 9.05. The van der Waals surface area contributed by atoms with Crippen LogP contribution >= 0.6 is 11.6 Å². The summed E-state index contributed by atoms with van der Waals surface area (Å²) in [6.07, 6.45) is 2.06. The Labute approximate surface area is 190 Å². The molecule has 1 aliphatic carbocycles. The van der Waals surface area contributed by atoms with E-state index in [-0.39, 0.29) is 28.7 Å². The van der Waals surface area contributed by atoms with Gasteiger partial charge in [-0.2, -0.15) is 0 Å². The molecule has 0 radical (unpaired) electrons. The van der Waals surface area contributed by atoms with Crippen LogP contribution in [0.5, 0.6) is 0 Å². The first-order valence-electron chi connectivity index (χ1n) is 10.6. The molecule has 1 unspecified atom stereocenters. The first-order chi connectivity index (χ1) is 15.2. The van der Waals surface area contributed by atoms with Crippen LogP contribution in [0.4, 0.5) is 10.2 Å². The zero-order valence-corrected chi connectivity index (χ0v) is 18.4. The Morgan fingerprint density at radius 1 is 1.28 bits per heavy atom. The van der Waals surface area contributed by atoms with Crippen LogP contribution in [0.1, 0.15) is 24.0 Å². The number of aryl methyl sites for hydroxylation is 1. The molecule has 1 aromatic heterocycles. The number of rotatable bonds is 4. The summed E-state index contributed by atoms with van der Waals surface area (Å²) in [6.45, 7) is 3.37. The van der Waals surface area contributed by atoms with Gasteiger partial charge in [-0.05, 0) is 31.4 Å². The Bertz CT molecular complexity index is 1070. The Balaban J connectivity index is 1.48. The van der Waals surface area contributed by atoms with Crippen molar-refractivity contribution in [3.05, 3.63) is 58.5 Å². The zero-order valence-electron chi connectivity index (χ0n) is 17.7. The highest BCUT2D eigenvalue weighted by Crippen LogP contribution is 2.59. The maximum Gasteiger partial charge on any atom is 0.243 e. The molecule has 32 heavy (non-hydrogen) atoms. The molecular formula is C23H24ClFN4O3. The normalized spacial score (nSPS) is 23.3. The lowest BCUT2D eigenvalue weighted by Crippen LogP contribution is -2.81. The second-order valence-electron chi connectivity index (χ2n) is 9.39. The first kappa shape index (κ1) is 21.2. The number of nitrogens with zero attached hydrogens (tertiary/aromatic N) is 4. The fourth-order valence-corrected chi connectivity index (χ4v) is 5.80. The number of benzene rings is 1. The number of aliphatic hydroxyl groups excluding tert-OH is 1. The molecule has 2 aromatic rings. The van der Waals surface area contributed by atoms with E-state index in [2.05, 4.69) is 4.98 Å². The van der Waals surface area contributed by atoms with E-state index in [0.717, 1.165) is 23.6 Å². The molecule has 0 bridgehead atoms. The summed E-state index contributed by atoms with van der Waals surface area (Å²) in [4.78, 5) is 33.2. The van der Waals surface area contributed by atoms with E-state index in [4.69, 9.17) is 11.6 Å². The van der Waals surface area contributed by atoms with Crippen LogP contribution in [0, 0.1) is 18.2 Å². The molecule has 2 saturated heterocycles. The Hall–Kier alpha value is -2.71. The average molecular weight is 459 g/mol. The third-order valence-corrected chi connectivity index (χ3v) is 7.24. The van der Waals surface area contributed by atoms with Gasteiger partial charge in [-0.1, -0.05) is 41.4 Å². The van der Waals surface area contributed by atoms with Crippen LogP contribution < -0.4 is 4.90 Å². The molecule has 1 N–H and O–H groups in total. The monoisotopic (exact) mass is 458 g/mol. The van der Waals surface area contributed by atoms with Crippen molar-refractivity contribution >= 4 is 29.7 Å². The number of piperazine rings is 1. The molecule has 1 aromatic carbocycles. The molecule has 1 saturated carbocycles. The molecule has 5 rings (SSSR count). The summed E-state index contributed by atoms with van der Waals surface area (Å²) in [5.74, 6) is -0.974. The van der Waals surface area contributed by atoms with Crippen LogP contribution in [0.2, 0.25) is 5.02 Å². The van der Waals surface area contributed by atoms with E-state index in [1.54, 1.807) is 9.80 Å².